The first-order valence-electron chi connectivity index (χ1n) is 7.93. The molecule has 0 bridgehead atoms. The van der Waals surface area contributed by atoms with Crippen molar-refractivity contribution in [2.45, 2.75) is 43.7 Å². The Hall–Kier alpha value is -2.02. The number of carbonyl (C=O) groups is 3. The lowest BCUT2D eigenvalue weighted by Gasteiger charge is -2.29. The van der Waals surface area contributed by atoms with Crippen LogP contribution in [0.25, 0.3) is 0 Å². The van der Waals surface area contributed by atoms with Crippen molar-refractivity contribution in [1.29, 1.82) is 0 Å². The van der Waals surface area contributed by atoms with Gasteiger partial charge in [-0.25, -0.2) is 4.79 Å². The topological polar surface area (TPSA) is 75.7 Å². The third-order valence-corrected chi connectivity index (χ3v) is 5.93. The molecule has 0 saturated carbocycles. The highest BCUT2D eigenvalue weighted by Gasteiger charge is 2.53. The summed E-state index contributed by atoms with van der Waals surface area (Å²) in [6.45, 7) is 3.50. The van der Waals surface area contributed by atoms with Crippen LogP contribution in [0.4, 0.5) is 5.69 Å². The van der Waals surface area contributed by atoms with E-state index in [1.165, 1.54) is 6.92 Å². The van der Waals surface area contributed by atoms with Gasteiger partial charge in [-0.05, 0) is 32.4 Å². The Kier molecular flexibility index (Phi) is 4.54. The van der Waals surface area contributed by atoms with Gasteiger partial charge in [0.1, 0.15) is 6.04 Å². The van der Waals surface area contributed by atoms with Crippen molar-refractivity contribution in [3.05, 3.63) is 30.3 Å². The smallest absolute Gasteiger partial charge is 0.330 e. The van der Waals surface area contributed by atoms with Crippen LogP contribution in [0.15, 0.2) is 30.3 Å². The number of anilines is 1. The second kappa shape index (κ2) is 6.47. The maximum Gasteiger partial charge on any atom is 0.330 e. The molecule has 2 aliphatic heterocycles. The SMILES string of the molecule is C[C@H](OC(=O)[C@@H]1CS[C@@]2(C)CCC(=O)N12)C(=O)Nc1ccccc1. The number of rotatable bonds is 4. The van der Waals surface area contributed by atoms with Crippen LogP contribution in [-0.2, 0) is 19.1 Å². The van der Waals surface area contributed by atoms with Crippen molar-refractivity contribution in [2.24, 2.45) is 0 Å². The maximum atomic E-state index is 12.4. The number of nitrogens with zero attached hydrogens (tertiary/aromatic N) is 1. The molecule has 2 fully saturated rings. The summed E-state index contributed by atoms with van der Waals surface area (Å²) < 4.78 is 5.31. The van der Waals surface area contributed by atoms with Gasteiger partial charge in [-0.3, -0.25) is 9.59 Å². The molecule has 0 unspecified atom stereocenters. The van der Waals surface area contributed by atoms with E-state index in [1.807, 2.05) is 25.1 Å². The fourth-order valence-corrected chi connectivity index (χ4v) is 4.48. The molecule has 2 heterocycles. The van der Waals surface area contributed by atoms with Gasteiger partial charge >= 0.3 is 5.97 Å². The molecular formula is C17H20N2O4S. The molecule has 0 spiro atoms. The number of fused-ring (bicyclic) bond motifs is 1. The number of hydrogen-bond donors (Lipinski definition) is 1. The Labute approximate surface area is 144 Å². The summed E-state index contributed by atoms with van der Waals surface area (Å²) >= 11 is 1.60. The van der Waals surface area contributed by atoms with E-state index in [-0.39, 0.29) is 10.8 Å². The van der Waals surface area contributed by atoms with E-state index in [2.05, 4.69) is 5.32 Å². The third-order valence-electron chi connectivity index (χ3n) is 4.42. The number of benzene rings is 1. The number of amides is 2. The molecule has 1 aromatic carbocycles. The Balaban J connectivity index is 1.60. The molecule has 0 radical (unpaired) electrons. The number of esters is 1. The van der Waals surface area contributed by atoms with Crippen LogP contribution >= 0.6 is 11.8 Å². The van der Waals surface area contributed by atoms with E-state index in [0.29, 0.717) is 17.9 Å². The van der Waals surface area contributed by atoms with Gasteiger partial charge in [-0.15, -0.1) is 11.8 Å². The zero-order chi connectivity index (χ0) is 17.3. The number of carbonyl (C=O) groups excluding carboxylic acids is 3. The summed E-state index contributed by atoms with van der Waals surface area (Å²) in [6.07, 6.45) is 0.272. The lowest BCUT2D eigenvalue weighted by molar-refractivity contribution is -0.160. The predicted molar refractivity (Wildman–Crippen MR) is 91.4 cm³/mol. The number of nitrogens with one attached hydrogen (secondary N) is 1. The first-order valence-corrected chi connectivity index (χ1v) is 8.92. The normalized spacial score (nSPS) is 26.8. The summed E-state index contributed by atoms with van der Waals surface area (Å²) in [5, 5.41) is 2.70. The van der Waals surface area contributed by atoms with E-state index < -0.39 is 24.0 Å². The number of para-hydroxylation sites is 1. The average Bonchev–Trinajstić information content (AvgIpc) is 3.05. The van der Waals surface area contributed by atoms with Crippen molar-refractivity contribution >= 4 is 35.2 Å². The highest BCUT2D eigenvalue weighted by Crippen LogP contribution is 2.47. The Bertz CT molecular complexity index is 666. The number of ether oxygens (including phenoxy) is 1. The van der Waals surface area contributed by atoms with Gasteiger partial charge in [0, 0.05) is 17.9 Å². The van der Waals surface area contributed by atoms with Crippen LogP contribution < -0.4 is 5.32 Å². The molecule has 1 N–H and O–H groups in total. The lowest BCUT2D eigenvalue weighted by Crippen LogP contribution is -2.48. The fourth-order valence-electron chi connectivity index (χ4n) is 3.07. The van der Waals surface area contributed by atoms with Crippen LogP contribution in [0, 0.1) is 0 Å². The minimum absolute atomic E-state index is 0.0224. The highest BCUT2D eigenvalue weighted by atomic mass is 32.2. The Morgan fingerprint density at radius 3 is 2.79 bits per heavy atom. The van der Waals surface area contributed by atoms with Crippen LogP contribution in [0.3, 0.4) is 0 Å². The zero-order valence-corrected chi connectivity index (χ0v) is 14.5. The van der Waals surface area contributed by atoms with E-state index in [0.717, 1.165) is 6.42 Å². The van der Waals surface area contributed by atoms with Gasteiger partial charge in [-0.2, -0.15) is 0 Å². The first kappa shape index (κ1) is 16.8. The van der Waals surface area contributed by atoms with Crippen LogP contribution in [0.5, 0.6) is 0 Å². The standard InChI is InChI=1S/C17H20N2O4S/c1-11(15(21)18-12-6-4-3-5-7-12)23-16(22)13-10-24-17(2)9-8-14(20)19(13)17/h3-7,11,13H,8-10H2,1-2H3,(H,18,21)/t11-,13-,17-/m0/s1. The molecule has 0 aliphatic carbocycles. The predicted octanol–water partition coefficient (Wildman–Crippen LogP) is 2.01. The van der Waals surface area contributed by atoms with E-state index >= 15 is 0 Å². The Morgan fingerprint density at radius 2 is 2.08 bits per heavy atom. The molecule has 3 rings (SSSR count). The van der Waals surface area contributed by atoms with Crippen LogP contribution in [0.2, 0.25) is 0 Å². The molecule has 7 heteroatoms. The average molecular weight is 348 g/mol. The molecule has 6 nitrogen and oxygen atoms in total. The largest absolute Gasteiger partial charge is 0.451 e. The van der Waals surface area contributed by atoms with E-state index in [4.69, 9.17) is 4.74 Å². The summed E-state index contributed by atoms with van der Waals surface area (Å²) in [5.74, 6) is -0.424. The van der Waals surface area contributed by atoms with E-state index in [9.17, 15) is 14.4 Å². The molecule has 0 aromatic heterocycles. The molecular weight excluding hydrogens is 328 g/mol. The van der Waals surface area contributed by atoms with Crippen molar-refractivity contribution < 1.29 is 19.1 Å². The van der Waals surface area contributed by atoms with Crippen molar-refractivity contribution in [3.63, 3.8) is 0 Å². The van der Waals surface area contributed by atoms with E-state index in [1.54, 1.807) is 28.8 Å². The minimum Gasteiger partial charge on any atom is -0.451 e. The zero-order valence-electron chi connectivity index (χ0n) is 13.7. The maximum absolute atomic E-state index is 12.4. The minimum atomic E-state index is -0.924. The monoisotopic (exact) mass is 348 g/mol. The third kappa shape index (κ3) is 3.13. The quantitative estimate of drug-likeness (QED) is 0.843. The van der Waals surface area contributed by atoms with Gasteiger partial charge in [0.25, 0.3) is 5.91 Å². The number of thioether (sulfide) groups is 1. The second-order valence-electron chi connectivity index (χ2n) is 6.20. The molecule has 2 amide bonds. The highest BCUT2D eigenvalue weighted by molar-refractivity contribution is 8.01. The van der Waals surface area contributed by atoms with Crippen molar-refractivity contribution in [3.8, 4) is 0 Å². The molecule has 2 aliphatic rings. The molecule has 3 atom stereocenters. The molecule has 128 valence electrons. The molecule has 24 heavy (non-hydrogen) atoms. The summed E-state index contributed by atoms with van der Waals surface area (Å²) in [6, 6.07) is 8.37. The van der Waals surface area contributed by atoms with Crippen LogP contribution in [0.1, 0.15) is 26.7 Å². The fraction of sp³-hybridized carbons (Fsp3) is 0.471. The van der Waals surface area contributed by atoms with Gasteiger partial charge in [-0.1, -0.05) is 18.2 Å². The Morgan fingerprint density at radius 1 is 1.38 bits per heavy atom. The van der Waals surface area contributed by atoms with Gasteiger partial charge < -0.3 is 15.0 Å². The summed E-state index contributed by atoms with van der Waals surface area (Å²) in [7, 11) is 0. The van der Waals surface area contributed by atoms with Gasteiger partial charge in [0.05, 0.1) is 4.87 Å². The van der Waals surface area contributed by atoms with Gasteiger partial charge in [0.2, 0.25) is 5.91 Å². The van der Waals surface area contributed by atoms with Gasteiger partial charge in [0.15, 0.2) is 6.10 Å². The lowest BCUT2D eigenvalue weighted by atomic mass is 10.2. The van der Waals surface area contributed by atoms with Crippen molar-refractivity contribution in [2.75, 3.05) is 11.1 Å². The van der Waals surface area contributed by atoms with Crippen molar-refractivity contribution in [1.82, 2.24) is 4.90 Å². The summed E-state index contributed by atoms with van der Waals surface area (Å²) in [5.41, 5.74) is 0.643. The number of hydrogen-bond acceptors (Lipinski definition) is 5. The summed E-state index contributed by atoms with van der Waals surface area (Å²) in [4.78, 5) is 37.9. The molecule has 2 saturated heterocycles. The van der Waals surface area contributed by atoms with Crippen LogP contribution in [-0.4, -0.2) is 45.5 Å². The second-order valence-corrected chi connectivity index (χ2v) is 7.70. The molecule has 1 aromatic rings. The first-order chi connectivity index (χ1) is 11.4.